The maximum atomic E-state index is 6.10. The highest BCUT2D eigenvalue weighted by Crippen LogP contribution is 2.32. The molecule has 74 valence electrons. The van der Waals surface area contributed by atoms with Gasteiger partial charge >= 0.3 is 0 Å². The fourth-order valence-corrected chi connectivity index (χ4v) is 2.00. The topological polar surface area (TPSA) is 44.5 Å². The van der Waals surface area contributed by atoms with Crippen molar-refractivity contribution in [2.45, 2.75) is 37.8 Å². The second kappa shape index (κ2) is 3.31. The summed E-state index contributed by atoms with van der Waals surface area (Å²) in [4.78, 5) is 0. The molecule has 2 atom stereocenters. The van der Waals surface area contributed by atoms with Crippen LogP contribution in [0.5, 0.6) is 0 Å². The van der Waals surface area contributed by atoms with Gasteiger partial charge in [-0.2, -0.15) is 0 Å². The first-order chi connectivity index (χ1) is 6.22. The van der Waals surface area contributed by atoms with Gasteiger partial charge in [0, 0.05) is 13.0 Å². The SMILES string of the molecule is CC1(C(N)C2=CCCO2)CCCO1. The average Bonchev–Trinajstić information content (AvgIpc) is 2.73. The summed E-state index contributed by atoms with van der Waals surface area (Å²) in [6, 6.07) is -0.0856. The summed E-state index contributed by atoms with van der Waals surface area (Å²) < 4.78 is 11.1. The van der Waals surface area contributed by atoms with Crippen LogP contribution in [0.2, 0.25) is 0 Å². The van der Waals surface area contributed by atoms with E-state index < -0.39 is 0 Å². The first-order valence-electron chi connectivity index (χ1n) is 4.95. The van der Waals surface area contributed by atoms with E-state index in [1.54, 1.807) is 0 Å². The largest absolute Gasteiger partial charge is 0.496 e. The fourth-order valence-electron chi connectivity index (χ4n) is 2.00. The van der Waals surface area contributed by atoms with Crippen molar-refractivity contribution in [2.75, 3.05) is 13.2 Å². The molecule has 2 aliphatic rings. The van der Waals surface area contributed by atoms with Crippen LogP contribution in [0.1, 0.15) is 26.2 Å². The molecule has 0 aromatic carbocycles. The van der Waals surface area contributed by atoms with Crippen LogP contribution < -0.4 is 5.73 Å². The molecule has 0 aromatic heterocycles. The van der Waals surface area contributed by atoms with Crippen molar-refractivity contribution in [3.8, 4) is 0 Å². The van der Waals surface area contributed by atoms with Crippen LogP contribution in [0.4, 0.5) is 0 Å². The quantitative estimate of drug-likeness (QED) is 0.699. The van der Waals surface area contributed by atoms with Crippen molar-refractivity contribution >= 4 is 0 Å². The number of rotatable bonds is 2. The molecule has 3 nitrogen and oxygen atoms in total. The molecular formula is C10H17NO2. The minimum Gasteiger partial charge on any atom is -0.496 e. The monoisotopic (exact) mass is 183 g/mol. The smallest absolute Gasteiger partial charge is 0.112 e. The molecule has 2 unspecified atom stereocenters. The zero-order valence-electron chi connectivity index (χ0n) is 8.08. The Balaban J connectivity index is 2.06. The molecule has 2 N–H and O–H groups in total. The van der Waals surface area contributed by atoms with E-state index in [2.05, 4.69) is 13.0 Å². The normalized spacial score (nSPS) is 35.7. The van der Waals surface area contributed by atoms with E-state index in [4.69, 9.17) is 15.2 Å². The third-order valence-corrected chi connectivity index (χ3v) is 2.95. The predicted molar refractivity (Wildman–Crippen MR) is 50.2 cm³/mol. The maximum absolute atomic E-state index is 6.10. The number of nitrogens with two attached hydrogens (primary N) is 1. The summed E-state index contributed by atoms with van der Waals surface area (Å²) in [5.41, 5.74) is 5.90. The first-order valence-corrected chi connectivity index (χ1v) is 4.95. The second-order valence-electron chi connectivity index (χ2n) is 3.99. The highest BCUT2D eigenvalue weighted by atomic mass is 16.5. The summed E-state index contributed by atoms with van der Waals surface area (Å²) in [5, 5.41) is 0. The van der Waals surface area contributed by atoms with Crippen LogP contribution in [0.3, 0.4) is 0 Å². The Labute approximate surface area is 78.9 Å². The van der Waals surface area contributed by atoms with E-state index in [1.165, 1.54) is 0 Å². The lowest BCUT2D eigenvalue weighted by Gasteiger charge is -2.30. The van der Waals surface area contributed by atoms with Gasteiger partial charge in [-0.1, -0.05) is 0 Å². The molecule has 0 bridgehead atoms. The molecule has 13 heavy (non-hydrogen) atoms. The van der Waals surface area contributed by atoms with Gasteiger partial charge < -0.3 is 15.2 Å². The van der Waals surface area contributed by atoms with Gasteiger partial charge in [0.15, 0.2) is 0 Å². The second-order valence-corrected chi connectivity index (χ2v) is 3.99. The Morgan fingerprint density at radius 1 is 1.54 bits per heavy atom. The molecule has 1 fully saturated rings. The van der Waals surface area contributed by atoms with E-state index in [1.807, 2.05) is 0 Å². The summed E-state index contributed by atoms with van der Waals surface area (Å²) in [7, 11) is 0. The molecular weight excluding hydrogens is 166 g/mol. The highest BCUT2D eigenvalue weighted by Gasteiger charge is 2.39. The molecule has 1 saturated heterocycles. The van der Waals surface area contributed by atoms with Gasteiger partial charge in [-0.3, -0.25) is 0 Å². The minimum atomic E-state index is -0.198. The molecule has 3 heteroatoms. The fraction of sp³-hybridized carbons (Fsp3) is 0.800. The zero-order chi connectivity index (χ0) is 9.31. The molecule has 2 heterocycles. The first kappa shape index (κ1) is 9.03. The standard InChI is InChI=1S/C10H17NO2/c1-10(5-3-7-13-10)9(11)8-4-2-6-12-8/h4,9H,2-3,5-7,11H2,1H3. The van der Waals surface area contributed by atoms with Gasteiger partial charge in [0.25, 0.3) is 0 Å². The Bertz CT molecular complexity index is 219. The molecule has 0 spiro atoms. The summed E-state index contributed by atoms with van der Waals surface area (Å²) >= 11 is 0. The maximum Gasteiger partial charge on any atom is 0.112 e. The van der Waals surface area contributed by atoms with Crippen molar-refractivity contribution in [3.05, 3.63) is 11.8 Å². The number of hydrogen-bond acceptors (Lipinski definition) is 3. The molecule has 0 saturated carbocycles. The molecule has 0 radical (unpaired) electrons. The van der Waals surface area contributed by atoms with Crippen molar-refractivity contribution in [3.63, 3.8) is 0 Å². The van der Waals surface area contributed by atoms with Gasteiger partial charge in [0.1, 0.15) is 5.76 Å². The van der Waals surface area contributed by atoms with Crippen LogP contribution in [-0.4, -0.2) is 24.9 Å². The highest BCUT2D eigenvalue weighted by molar-refractivity contribution is 5.13. The van der Waals surface area contributed by atoms with Gasteiger partial charge in [-0.05, 0) is 25.8 Å². The van der Waals surface area contributed by atoms with Crippen molar-refractivity contribution in [1.29, 1.82) is 0 Å². The van der Waals surface area contributed by atoms with Gasteiger partial charge in [-0.25, -0.2) is 0 Å². The van der Waals surface area contributed by atoms with Gasteiger partial charge in [0.2, 0.25) is 0 Å². The lowest BCUT2D eigenvalue weighted by atomic mass is 9.92. The van der Waals surface area contributed by atoms with Crippen LogP contribution in [0.15, 0.2) is 11.8 Å². The van der Waals surface area contributed by atoms with Gasteiger partial charge in [0.05, 0.1) is 18.2 Å². The Morgan fingerprint density at radius 3 is 2.92 bits per heavy atom. The van der Waals surface area contributed by atoms with E-state index in [0.717, 1.165) is 38.2 Å². The minimum absolute atomic E-state index is 0.0856. The Hall–Kier alpha value is -0.540. The number of hydrogen-bond donors (Lipinski definition) is 1. The van der Waals surface area contributed by atoms with Crippen molar-refractivity contribution in [1.82, 2.24) is 0 Å². The van der Waals surface area contributed by atoms with Crippen molar-refractivity contribution in [2.24, 2.45) is 5.73 Å². The third kappa shape index (κ3) is 1.58. The average molecular weight is 183 g/mol. The predicted octanol–water partition coefficient (Wildman–Crippen LogP) is 1.19. The van der Waals surface area contributed by atoms with Crippen LogP contribution in [-0.2, 0) is 9.47 Å². The molecule has 2 aliphatic heterocycles. The zero-order valence-corrected chi connectivity index (χ0v) is 8.08. The summed E-state index contributed by atoms with van der Waals surface area (Å²) in [6.45, 7) is 3.68. The van der Waals surface area contributed by atoms with Crippen LogP contribution >= 0.6 is 0 Å². The molecule has 2 rings (SSSR count). The summed E-state index contributed by atoms with van der Waals surface area (Å²) in [5.74, 6) is 0.921. The van der Waals surface area contributed by atoms with E-state index in [-0.39, 0.29) is 11.6 Å². The van der Waals surface area contributed by atoms with E-state index >= 15 is 0 Å². The van der Waals surface area contributed by atoms with Gasteiger partial charge in [-0.15, -0.1) is 0 Å². The lowest BCUT2D eigenvalue weighted by molar-refractivity contribution is -0.00473. The van der Waals surface area contributed by atoms with E-state index in [0.29, 0.717) is 0 Å². The lowest BCUT2D eigenvalue weighted by Crippen LogP contribution is -2.46. The number of ether oxygens (including phenoxy) is 2. The Kier molecular flexibility index (Phi) is 2.30. The van der Waals surface area contributed by atoms with Crippen molar-refractivity contribution < 1.29 is 9.47 Å². The molecule has 0 aromatic rings. The molecule has 0 amide bonds. The van der Waals surface area contributed by atoms with Crippen LogP contribution in [0, 0.1) is 0 Å². The Morgan fingerprint density at radius 2 is 2.38 bits per heavy atom. The van der Waals surface area contributed by atoms with Crippen LogP contribution in [0.25, 0.3) is 0 Å². The molecule has 0 aliphatic carbocycles. The third-order valence-electron chi connectivity index (χ3n) is 2.95. The van der Waals surface area contributed by atoms with E-state index in [9.17, 15) is 0 Å². The summed E-state index contributed by atoms with van der Waals surface area (Å²) in [6.07, 6.45) is 5.21.